The van der Waals surface area contributed by atoms with E-state index in [1.54, 1.807) is 42.3 Å². The van der Waals surface area contributed by atoms with Crippen LogP contribution in [-0.4, -0.2) is 57.4 Å². The lowest BCUT2D eigenvalue weighted by atomic mass is 9.92. The molecule has 2 N–H and O–H groups in total. The van der Waals surface area contributed by atoms with Crippen molar-refractivity contribution in [1.29, 1.82) is 0 Å². The van der Waals surface area contributed by atoms with Gasteiger partial charge in [-0.05, 0) is 87.9 Å². The minimum absolute atomic E-state index is 0.480. The Labute approximate surface area is 356 Å². The highest BCUT2D eigenvalue weighted by molar-refractivity contribution is 7.16. The number of hydrogen-bond acceptors (Lipinski definition) is 10. The van der Waals surface area contributed by atoms with E-state index in [1.807, 2.05) is 30.0 Å². The maximum Gasteiger partial charge on any atom is 0.0850 e. The molecule has 1 aliphatic heterocycles. The van der Waals surface area contributed by atoms with Crippen molar-refractivity contribution in [3.63, 3.8) is 0 Å². The summed E-state index contributed by atoms with van der Waals surface area (Å²) in [6.45, 7) is 27.4. The van der Waals surface area contributed by atoms with E-state index in [1.165, 1.54) is 38.0 Å². The molecule has 8 rings (SSSR count). The Morgan fingerprint density at radius 2 is 1.34 bits per heavy atom. The van der Waals surface area contributed by atoms with Gasteiger partial charge in [-0.1, -0.05) is 113 Å². The first-order valence-corrected chi connectivity index (χ1v) is 21.6. The highest BCUT2D eigenvalue weighted by Crippen LogP contribution is 2.27. The first-order chi connectivity index (χ1) is 28.3. The van der Waals surface area contributed by atoms with Crippen LogP contribution in [0.3, 0.4) is 0 Å². The SMILES string of the molecule is CC(C)c1cccc2c1COCC2.CC(C)c1cccc2scnc12.CC(C)c1cccnn1.CC(C)c1cn[nH]c1.CC(C)c1cn[nH]n1.CC(C)c1cnccn1. The minimum Gasteiger partial charge on any atom is -0.376 e. The van der Waals surface area contributed by atoms with E-state index in [0.717, 1.165) is 36.7 Å². The zero-order chi connectivity index (χ0) is 43.2. The number of thiazole rings is 1. The molecule has 0 bridgehead atoms. The summed E-state index contributed by atoms with van der Waals surface area (Å²) in [6.07, 6.45) is 13.5. The van der Waals surface area contributed by atoms with E-state index >= 15 is 0 Å². The van der Waals surface area contributed by atoms with Crippen molar-refractivity contribution in [2.24, 2.45) is 0 Å². The van der Waals surface area contributed by atoms with Gasteiger partial charge in [0.05, 0.1) is 58.4 Å². The topological polar surface area (TPSA) is 144 Å². The van der Waals surface area contributed by atoms with Gasteiger partial charge < -0.3 is 4.74 Å². The molecule has 1 aliphatic rings. The van der Waals surface area contributed by atoms with E-state index in [9.17, 15) is 0 Å². The molecule has 7 aromatic rings. The molecule has 0 amide bonds. The summed E-state index contributed by atoms with van der Waals surface area (Å²) < 4.78 is 6.78. The van der Waals surface area contributed by atoms with Gasteiger partial charge in [0, 0.05) is 31.0 Å². The second kappa shape index (κ2) is 26.0. The second-order valence-electron chi connectivity index (χ2n) is 16.0. The van der Waals surface area contributed by atoms with Crippen molar-refractivity contribution in [3.05, 3.63) is 142 Å². The number of nitrogens with zero attached hydrogens (tertiary/aromatic N) is 8. The van der Waals surface area contributed by atoms with Crippen LogP contribution >= 0.6 is 11.3 Å². The number of H-pyrrole nitrogens is 2. The predicted molar refractivity (Wildman–Crippen MR) is 243 cm³/mol. The summed E-state index contributed by atoms with van der Waals surface area (Å²) >= 11 is 1.71. The summed E-state index contributed by atoms with van der Waals surface area (Å²) in [5.41, 5.74) is 13.2. The highest BCUT2D eigenvalue weighted by Gasteiger charge is 2.14. The van der Waals surface area contributed by atoms with Crippen LogP contribution < -0.4 is 0 Å². The lowest BCUT2D eigenvalue weighted by Crippen LogP contribution is -2.12. The van der Waals surface area contributed by atoms with Gasteiger partial charge in [-0.2, -0.15) is 30.7 Å². The lowest BCUT2D eigenvalue weighted by Gasteiger charge is -2.21. The van der Waals surface area contributed by atoms with Gasteiger partial charge >= 0.3 is 0 Å². The molecular weight excluding hydrogens is 753 g/mol. The fourth-order valence-electron chi connectivity index (χ4n) is 5.63. The quantitative estimate of drug-likeness (QED) is 0.167. The van der Waals surface area contributed by atoms with E-state index in [0.29, 0.717) is 35.5 Å². The molecule has 11 nitrogen and oxygen atoms in total. The molecule has 0 saturated carbocycles. The maximum absolute atomic E-state index is 5.49. The molecule has 0 aliphatic carbocycles. The summed E-state index contributed by atoms with van der Waals surface area (Å²) in [4.78, 5) is 12.4. The zero-order valence-corrected chi connectivity index (χ0v) is 38.0. The first kappa shape index (κ1) is 48.2. The molecule has 0 spiro atoms. The fraction of sp³-hybridized carbons (Fsp3) is 0.447. The number of benzene rings is 2. The number of aromatic nitrogens is 10. The van der Waals surface area contributed by atoms with Crippen molar-refractivity contribution in [2.75, 3.05) is 6.61 Å². The Morgan fingerprint density at radius 3 is 1.83 bits per heavy atom. The lowest BCUT2D eigenvalue weighted by molar-refractivity contribution is 0.110. The average Bonchev–Trinajstić information content (AvgIpc) is 4.07. The van der Waals surface area contributed by atoms with Gasteiger partial charge in [-0.25, -0.2) is 4.98 Å². The highest BCUT2D eigenvalue weighted by atomic mass is 32.1. The van der Waals surface area contributed by atoms with E-state index in [2.05, 4.69) is 170 Å². The normalized spacial score (nSPS) is 11.7. The van der Waals surface area contributed by atoms with Crippen LogP contribution in [0, 0.1) is 0 Å². The van der Waals surface area contributed by atoms with Gasteiger partial charge in [0.2, 0.25) is 0 Å². The molecule has 12 heteroatoms. The minimum atomic E-state index is 0.480. The first-order valence-electron chi connectivity index (χ1n) is 20.7. The van der Waals surface area contributed by atoms with Crippen LogP contribution in [0.4, 0.5) is 0 Å². The summed E-state index contributed by atoms with van der Waals surface area (Å²) in [5, 5.41) is 24.4. The molecule has 0 unspecified atom stereocenters. The van der Waals surface area contributed by atoms with Gasteiger partial charge in [-0.3, -0.25) is 15.1 Å². The molecule has 0 radical (unpaired) electrons. The van der Waals surface area contributed by atoms with Gasteiger partial charge in [0.15, 0.2) is 0 Å². The monoisotopic (exact) mass is 819 g/mol. The van der Waals surface area contributed by atoms with Crippen molar-refractivity contribution in [2.45, 2.75) is 132 Å². The summed E-state index contributed by atoms with van der Waals surface area (Å²) in [5.74, 6) is 3.22. The van der Waals surface area contributed by atoms with Crippen molar-refractivity contribution >= 4 is 21.6 Å². The standard InChI is InChI=1S/C12H16O.C10H11NS.2C7H10N2.C6H10N2.C5H9N3/c1-9(2)11-5-3-4-10-6-7-13-8-12(10)11;1-7(2)8-4-3-5-9-10(8)11-6-12-9;1-6(2)7-5-8-3-4-9-7;1-6(2)7-4-3-5-8-9-7;1-5(2)6-3-7-8-4-6;1-4(2)5-3-6-8-7-5/h3-5,9H,6-8H2,1-2H3;3-7H,1-2H3;2*3-6H,1-2H3;3-5H,1-2H3,(H,7,8);3-4H,1-2H3,(H,6,7,8). The molecule has 0 fully saturated rings. The molecular formula is C47H66N10OS. The Hall–Kier alpha value is -5.20. The van der Waals surface area contributed by atoms with Crippen molar-refractivity contribution in [3.8, 4) is 0 Å². The largest absolute Gasteiger partial charge is 0.376 e. The fourth-order valence-corrected chi connectivity index (χ4v) is 6.34. The van der Waals surface area contributed by atoms with Gasteiger partial charge in [-0.15, -0.1) is 11.3 Å². The number of hydrogen-bond donors (Lipinski definition) is 2. The second-order valence-corrected chi connectivity index (χ2v) is 16.9. The molecule has 316 valence electrons. The number of fused-ring (bicyclic) bond motifs is 2. The zero-order valence-electron chi connectivity index (χ0n) is 37.2. The average molecular weight is 819 g/mol. The number of aromatic amines is 2. The number of para-hydroxylation sites is 1. The van der Waals surface area contributed by atoms with Crippen molar-refractivity contribution < 1.29 is 4.74 Å². The smallest absolute Gasteiger partial charge is 0.0850 e. The Morgan fingerprint density at radius 1 is 0.627 bits per heavy atom. The van der Waals surface area contributed by atoms with Crippen LogP contribution in [0.1, 0.15) is 163 Å². The summed E-state index contributed by atoms with van der Waals surface area (Å²) in [6, 6.07) is 16.9. The van der Waals surface area contributed by atoms with Gasteiger partial charge in [0.25, 0.3) is 0 Å². The molecule has 2 aromatic carbocycles. The molecule has 0 saturated heterocycles. The summed E-state index contributed by atoms with van der Waals surface area (Å²) in [7, 11) is 0. The predicted octanol–water partition coefficient (Wildman–Crippen LogP) is 12.0. The van der Waals surface area contributed by atoms with Crippen LogP contribution in [0.25, 0.3) is 10.2 Å². The van der Waals surface area contributed by atoms with E-state index < -0.39 is 0 Å². The maximum atomic E-state index is 5.49. The molecule has 0 atom stereocenters. The number of ether oxygens (including phenoxy) is 1. The van der Waals surface area contributed by atoms with Crippen LogP contribution in [0.5, 0.6) is 0 Å². The van der Waals surface area contributed by atoms with Crippen molar-refractivity contribution in [1.82, 2.24) is 50.8 Å². The van der Waals surface area contributed by atoms with Gasteiger partial charge in [0.1, 0.15) is 0 Å². The third kappa shape index (κ3) is 16.9. The molecule has 59 heavy (non-hydrogen) atoms. The Balaban J connectivity index is 0.000000191. The van der Waals surface area contributed by atoms with Crippen LogP contribution in [-0.2, 0) is 17.8 Å². The number of rotatable bonds is 6. The number of nitrogens with one attached hydrogen (secondary N) is 2. The van der Waals surface area contributed by atoms with Crippen LogP contribution in [0.2, 0.25) is 0 Å². The molecule has 6 heterocycles. The third-order valence-corrected chi connectivity index (χ3v) is 10.1. The third-order valence-electron chi connectivity index (χ3n) is 9.28. The van der Waals surface area contributed by atoms with Crippen LogP contribution in [0.15, 0.2) is 97.4 Å². The Bertz CT molecular complexity index is 2010. The van der Waals surface area contributed by atoms with E-state index in [-0.39, 0.29) is 0 Å². The van der Waals surface area contributed by atoms with E-state index in [4.69, 9.17) is 4.74 Å². The molecule has 5 aromatic heterocycles. The Kier molecular flexibility index (Phi) is 21.2.